The molecule has 5 fully saturated rings. The number of amides is 5. The molecule has 10 aromatic carbocycles. The van der Waals surface area contributed by atoms with Crippen LogP contribution in [0.2, 0.25) is 25.1 Å². The minimum atomic E-state index is -3.67. The van der Waals surface area contributed by atoms with E-state index in [4.69, 9.17) is 58.0 Å². The van der Waals surface area contributed by atoms with E-state index in [9.17, 15) is 83.6 Å². The molecule has 25 nitrogen and oxygen atoms in total. The van der Waals surface area contributed by atoms with E-state index in [0.29, 0.717) is 139 Å². The van der Waals surface area contributed by atoms with Crippen molar-refractivity contribution in [1.29, 1.82) is 0 Å². The number of nitrogens with zero attached hydrogens (tertiary/aromatic N) is 5. The summed E-state index contributed by atoms with van der Waals surface area (Å²) >= 11 is 32.5. The first-order chi connectivity index (χ1) is 61.9. The molecule has 5 atom stereocenters. The summed E-state index contributed by atoms with van der Waals surface area (Å²) in [4.78, 5) is 63.7. The lowest BCUT2D eigenvalue weighted by Gasteiger charge is -2.31. The van der Waals surface area contributed by atoms with Crippen molar-refractivity contribution in [2.75, 3.05) is 92.0 Å². The maximum atomic E-state index is 13.5. The summed E-state index contributed by atoms with van der Waals surface area (Å²) in [5.74, 6) is -7.06. The smallest absolute Gasteiger partial charge is 0.243 e. The Morgan fingerprint density at radius 1 is 0.262 bits per heavy atom. The van der Waals surface area contributed by atoms with Gasteiger partial charge >= 0.3 is 0 Å². The first-order valence-corrected chi connectivity index (χ1v) is 50.8. The highest BCUT2D eigenvalue weighted by atomic mass is 79.9. The Morgan fingerprint density at radius 2 is 0.492 bits per heavy atom. The lowest BCUT2D eigenvalue weighted by molar-refractivity contribution is -0.121. The number of hydrogen-bond donors (Lipinski definition) is 5. The largest absolute Gasteiger partial charge is 0.326 e. The summed E-state index contributed by atoms with van der Waals surface area (Å²) in [5.41, 5.74) is 1.96. The van der Waals surface area contributed by atoms with E-state index in [1.807, 2.05) is 0 Å². The molecule has 15 rings (SSSR count). The lowest BCUT2D eigenvalue weighted by atomic mass is 9.98. The van der Waals surface area contributed by atoms with Gasteiger partial charge in [0.1, 0.15) is 11.6 Å². The topological polar surface area (TPSA) is 332 Å². The summed E-state index contributed by atoms with van der Waals surface area (Å²) < 4.78 is 188. The van der Waals surface area contributed by atoms with E-state index in [1.54, 1.807) is 164 Å². The Morgan fingerprint density at radius 3 is 0.746 bits per heavy atom. The van der Waals surface area contributed by atoms with Gasteiger partial charge in [0, 0.05) is 104 Å². The Balaban J connectivity index is 0.000000157. The molecule has 40 heteroatoms. The summed E-state index contributed by atoms with van der Waals surface area (Å²) in [5, 5.41) is 14.7. The third-order valence-corrected chi connectivity index (χ3v) is 33.6. The SMILES string of the molecule is O=C(Nc1ccc(Cl)c(Br)c1)C1CCCN(S(=O)(=O)c2ccccc2)C1.O=C(Nc1ccc(Cl)c(Cl)c1)C1CCCN(S(=O)(=O)c2ccccc2)C1.O=C(Nc1ccc(Cl)c(F)c1)C1CCCN(S(=O)(=O)c2ccccc2)C1.O=C(Nc1ccc(F)c(Cl)c1)C1CCCN(S(=O)(=O)c2ccccc2)C1.O=C(Nc1ccc(F)c(F)c1)C1CCCN(S(=O)(=O)c2ccccc2)C1. The van der Waals surface area contributed by atoms with Gasteiger partial charge in [0.25, 0.3) is 0 Å². The maximum Gasteiger partial charge on any atom is 0.243 e. The van der Waals surface area contributed by atoms with Crippen LogP contribution in [-0.4, -0.2) is 159 Å². The van der Waals surface area contributed by atoms with E-state index in [-0.39, 0.29) is 96.6 Å². The van der Waals surface area contributed by atoms with E-state index in [0.717, 1.165) is 18.2 Å². The predicted molar refractivity (Wildman–Crippen MR) is 498 cm³/mol. The fourth-order valence-corrected chi connectivity index (χ4v) is 23.5. The molecule has 130 heavy (non-hydrogen) atoms. The van der Waals surface area contributed by atoms with Gasteiger partial charge in [-0.3, -0.25) is 24.0 Å². The molecule has 0 spiro atoms. The average molecular weight is 2050 g/mol. The molecule has 5 heterocycles. The van der Waals surface area contributed by atoms with Gasteiger partial charge in [-0.15, -0.1) is 0 Å². The number of carbonyl (C=O) groups is 5. The molecule has 5 amide bonds. The number of anilines is 5. The molecule has 0 bridgehead atoms. The fourth-order valence-electron chi connectivity index (χ4n) is 14.7. The molecule has 5 aliphatic heterocycles. The number of nitrogens with one attached hydrogen (secondary N) is 5. The molecule has 0 aliphatic carbocycles. The van der Waals surface area contributed by atoms with Crippen molar-refractivity contribution in [2.45, 2.75) is 88.7 Å². The second-order valence-corrected chi connectivity index (χ2v) is 43.2. The summed E-state index contributed by atoms with van der Waals surface area (Å²) in [6, 6.07) is 61.9. The molecular weight excluding hydrogens is 1950 g/mol. The van der Waals surface area contributed by atoms with Crippen LogP contribution in [0.3, 0.4) is 0 Å². The molecule has 5 aliphatic rings. The van der Waals surface area contributed by atoms with Gasteiger partial charge < -0.3 is 26.6 Å². The highest BCUT2D eigenvalue weighted by Gasteiger charge is 2.39. The molecule has 5 saturated heterocycles. The number of piperidine rings is 5. The van der Waals surface area contributed by atoms with Crippen LogP contribution in [0.1, 0.15) is 64.2 Å². The maximum absolute atomic E-state index is 13.5. The van der Waals surface area contributed by atoms with Crippen LogP contribution in [0, 0.1) is 52.9 Å². The van der Waals surface area contributed by atoms with Crippen LogP contribution < -0.4 is 26.6 Å². The van der Waals surface area contributed by atoms with Gasteiger partial charge in [0.2, 0.25) is 79.7 Å². The normalized spacial score (nSPS) is 18.5. The second kappa shape index (κ2) is 46.4. The number of rotatable bonds is 20. The Hall–Kier alpha value is -9.25. The predicted octanol–water partition coefficient (Wildman–Crippen LogP) is 18.2. The fraction of sp³-hybridized carbons (Fsp3) is 0.278. The monoisotopic (exact) mass is 2040 g/mol. The zero-order valence-corrected chi connectivity index (χ0v) is 78.8. The van der Waals surface area contributed by atoms with Crippen molar-refractivity contribution in [3.05, 3.63) is 296 Å². The quantitative estimate of drug-likeness (QED) is 0.0443. The van der Waals surface area contributed by atoms with Crippen LogP contribution in [-0.2, 0) is 74.1 Å². The Bertz CT molecular complexity index is 5410. The van der Waals surface area contributed by atoms with Gasteiger partial charge in [-0.2, -0.15) is 21.5 Å². The molecular formula is C90H90BrCl5F4N10O15S5. The summed E-state index contributed by atoms with van der Waals surface area (Å²) in [7, 11) is -18.1. The van der Waals surface area contributed by atoms with Crippen LogP contribution in [0.15, 0.2) is 272 Å². The average Bonchev–Trinajstić information content (AvgIpc) is 0.813. The van der Waals surface area contributed by atoms with E-state index >= 15 is 0 Å². The number of carbonyl (C=O) groups excluding carboxylic acids is 5. The van der Waals surface area contributed by atoms with Gasteiger partial charge in [-0.25, -0.2) is 59.7 Å². The standard InChI is InChI=1S/C18H18BrClN2O3S.C18H18Cl2N2O3S.2C18H18ClFN2O3S.C18H18F2N2O3S/c19-16-11-14(8-9-17(16)20)21-18(23)13-5-4-10-22(12-13)26(24,25)15-6-2-1-3-7-15;19-16-9-8-14(11-17(16)20)21-18(23)13-5-4-10-22(12-13)26(24,25)15-6-2-1-3-7-15;19-16-11-14(8-9-17(16)20)21-18(23)13-5-4-10-22(12-13)26(24,25)15-6-2-1-3-7-15;2*19-16-9-8-14(11-17(16)20)21-18(23)13-5-4-10-22(12-13)26(24,25)15-6-2-1-3-7-15/h5*1-3,6-9,11,13H,4-5,10,12H2,(H,21,23). The van der Waals surface area contributed by atoms with Crippen LogP contribution >= 0.6 is 73.9 Å². The Kier molecular flexibility index (Phi) is 36.2. The second-order valence-electron chi connectivity index (χ2n) is 30.7. The molecule has 5 N–H and O–H groups in total. The zero-order chi connectivity index (χ0) is 93.7. The van der Waals surface area contributed by atoms with Crippen molar-refractivity contribution < 1.29 is 83.6 Å². The molecule has 0 saturated carbocycles. The van der Waals surface area contributed by atoms with Gasteiger partial charge in [0.15, 0.2) is 11.6 Å². The van der Waals surface area contributed by atoms with E-state index in [1.165, 1.54) is 82.2 Å². The van der Waals surface area contributed by atoms with Crippen LogP contribution in [0.5, 0.6) is 0 Å². The minimum absolute atomic E-state index is 0.0270. The van der Waals surface area contributed by atoms with Crippen molar-refractivity contribution in [2.24, 2.45) is 29.6 Å². The number of benzene rings is 10. The van der Waals surface area contributed by atoms with Gasteiger partial charge in [0.05, 0.1) is 79.2 Å². The number of halogens is 10. The molecule has 10 aromatic rings. The first kappa shape index (κ1) is 101. The first-order valence-electron chi connectivity index (χ1n) is 40.9. The number of sulfonamides is 5. The van der Waals surface area contributed by atoms with Crippen LogP contribution in [0.25, 0.3) is 0 Å². The van der Waals surface area contributed by atoms with Gasteiger partial charge in [-0.1, -0.05) is 149 Å². The van der Waals surface area contributed by atoms with Crippen molar-refractivity contribution in [3.63, 3.8) is 0 Å². The number of hydrogen-bond acceptors (Lipinski definition) is 15. The van der Waals surface area contributed by atoms with Crippen molar-refractivity contribution in [1.82, 2.24) is 21.5 Å². The Labute approximate surface area is 786 Å². The molecule has 0 radical (unpaired) electrons. The van der Waals surface area contributed by atoms with Crippen molar-refractivity contribution >= 4 is 182 Å². The summed E-state index contributed by atoms with van der Waals surface area (Å²) in [6.45, 7) is 2.51. The molecule has 690 valence electrons. The van der Waals surface area contributed by atoms with E-state index in [2.05, 4.69) is 42.5 Å². The summed E-state index contributed by atoms with van der Waals surface area (Å²) in [6.07, 6.45) is 5.96. The zero-order valence-electron chi connectivity index (χ0n) is 69.3. The third kappa shape index (κ3) is 27.3. The van der Waals surface area contributed by atoms with E-state index < -0.39 is 109 Å². The third-order valence-electron chi connectivity index (χ3n) is 21.6. The molecule has 5 unspecified atom stereocenters. The van der Waals surface area contributed by atoms with Gasteiger partial charge in [-0.05, 0) is 226 Å². The highest BCUT2D eigenvalue weighted by molar-refractivity contribution is 9.10. The minimum Gasteiger partial charge on any atom is -0.326 e. The molecule has 0 aromatic heterocycles. The van der Waals surface area contributed by atoms with Crippen LogP contribution in [0.4, 0.5) is 46.0 Å². The lowest BCUT2D eigenvalue weighted by Crippen LogP contribution is -2.43. The van der Waals surface area contributed by atoms with Crippen molar-refractivity contribution in [3.8, 4) is 0 Å². The highest BCUT2D eigenvalue weighted by Crippen LogP contribution is 2.35.